The van der Waals surface area contributed by atoms with Gasteiger partial charge in [0.1, 0.15) is 5.82 Å². The van der Waals surface area contributed by atoms with E-state index in [2.05, 4.69) is 15.0 Å². The van der Waals surface area contributed by atoms with Gasteiger partial charge in [-0.2, -0.15) is 0 Å². The van der Waals surface area contributed by atoms with Crippen molar-refractivity contribution in [3.8, 4) is 11.3 Å². The number of nitrogens with one attached hydrogen (secondary N) is 2. The predicted octanol–water partition coefficient (Wildman–Crippen LogP) is 3.59. The molecule has 1 heterocycles. The fourth-order valence-corrected chi connectivity index (χ4v) is 3.06. The summed E-state index contributed by atoms with van der Waals surface area (Å²) in [6.07, 6.45) is 0.831. The van der Waals surface area contributed by atoms with Crippen LogP contribution < -0.4 is 5.32 Å². The molecule has 0 bridgehead atoms. The maximum Gasteiger partial charge on any atom is 0.307 e. The van der Waals surface area contributed by atoms with E-state index in [1.807, 2.05) is 30.3 Å². The maximum atomic E-state index is 13.8. The van der Waals surface area contributed by atoms with Gasteiger partial charge in [-0.1, -0.05) is 30.3 Å². The van der Waals surface area contributed by atoms with Gasteiger partial charge in [0.25, 0.3) is 0 Å². The van der Waals surface area contributed by atoms with Crippen molar-refractivity contribution in [3.63, 3.8) is 0 Å². The van der Waals surface area contributed by atoms with Crippen LogP contribution in [0.2, 0.25) is 0 Å². The Morgan fingerprint density at radius 2 is 1.89 bits per heavy atom. The number of aromatic nitrogens is 1. The first kappa shape index (κ1) is 18.6. The number of benzene rings is 2. The lowest BCUT2D eigenvalue weighted by Gasteiger charge is -2.07. The third kappa shape index (κ3) is 4.53. The van der Waals surface area contributed by atoms with E-state index in [-0.39, 0.29) is 37.1 Å². The minimum absolute atomic E-state index is 0.135. The monoisotopic (exact) mass is 368 g/mol. The van der Waals surface area contributed by atoms with Crippen LogP contribution in [0.15, 0.2) is 48.5 Å². The van der Waals surface area contributed by atoms with Gasteiger partial charge in [-0.3, -0.25) is 9.59 Å². The lowest BCUT2D eigenvalue weighted by Crippen LogP contribution is -2.26. The van der Waals surface area contributed by atoms with E-state index < -0.39 is 0 Å². The van der Waals surface area contributed by atoms with Gasteiger partial charge in [-0.25, -0.2) is 4.39 Å². The highest BCUT2D eigenvalue weighted by Crippen LogP contribution is 2.31. The highest BCUT2D eigenvalue weighted by Gasteiger charge is 2.15. The van der Waals surface area contributed by atoms with E-state index in [4.69, 9.17) is 0 Å². The number of ether oxygens (including phenoxy) is 1. The number of hydrogen-bond acceptors (Lipinski definition) is 3. The van der Waals surface area contributed by atoms with E-state index in [1.54, 1.807) is 6.07 Å². The second-order valence-corrected chi connectivity index (χ2v) is 6.21. The van der Waals surface area contributed by atoms with Crippen LogP contribution in [0.5, 0.6) is 0 Å². The highest BCUT2D eigenvalue weighted by molar-refractivity contribution is 5.91. The van der Waals surface area contributed by atoms with Crippen molar-refractivity contribution in [1.29, 1.82) is 0 Å². The molecule has 27 heavy (non-hydrogen) atoms. The van der Waals surface area contributed by atoms with E-state index in [1.165, 1.54) is 19.2 Å². The molecule has 2 N–H and O–H groups in total. The zero-order chi connectivity index (χ0) is 19.2. The van der Waals surface area contributed by atoms with Gasteiger partial charge >= 0.3 is 5.97 Å². The maximum absolute atomic E-state index is 13.8. The molecule has 3 rings (SSSR count). The Labute approximate surface area is 156 Å². The van der Waals surface area contributed by atoms with Gasteiger partial charge in [-0.15, -0.1) is 0 Å². The van der Waals surface area contributed by atoms with Gasteiger partial charge in [0.05, 0.1) is 13.5 Å². The molecule has 6 heteroatoms. The second-order valence-electron chi connectivity index (χ2n) is 6.21. The largest absolute Gasteiger partial charge is 0.469 e. The molecule has 0 atom stereocenters. The molecule has 0 aliphatic carbocycles. The summed E-state index contributed by atoms with van der Waals surface area (Å²) >= 11 is 0. The predicted molar refractivity (Wildman–Crippen MR) is 102 cm³/mol. The molecule has 0 radical (unpaired) electrons. The number of halogens is 1. The summed E-state index contributed by atoms with van der Waals surface area (Å²) in [6.45, 7) is 0.236. The number of methoxy groups -OCH3 is 1. The quantitative estimate of drug-likeness (QED) is 0.626. The zero-order valence-electron chi connectivity index (χ0n) is 15.0. The molecule has 0 aliphatic rings. The molecule has 140 valence electrons. The second kappa shape index (κ2) is 8.49. The van der Waals surface area contributed by atoms with Crippen LogP contribution in [0.3, 0.4) is 0 Å². The molecule has 0 fully saturated rings. The van der Waals surface area contributed by atoms with Crippen molar-refractivity contribution < 1.29 is 18.7 Å². The number of rotatable bonds is 7. The molecule has 5 nitrogen and oxygen atoms in total. The highest BCUT2D eigenvalue weighted by atomic mass is 19.1. The van der Waals surface area contributed by atoms with Gasteiger partial charge in [0, 0.05) is 29.6 Å². The van der Waals surface area contributed by atoms with E-state index in [9.17, 15) is 14.0 Å². The number of esters is 1. The summed E-state index contributed by atoms with van der Waals surface area (Å²) in [5.41, 5.74) is 3.60. The lowest BCUT2D eigenvalue weighted by atomic mass is 10.0. The van der Waals surface area contributed by atoms with Crippen LogP contribution in [0.25, 0.3) is 22.2 Å². The minimum atomic E-state index is -0.367. The lowest BCUT2D eigenvalue weighted by molar-refractivity contribution is -0.140. The van der Waals surface area contributed by atoms with Crippen LogP contribution in [-0.4, -0.2) is 30.5 Å². The van der Waals surface area contributed by atoms with Gasteiger partial charge < -0.3 is 15.0 Å². The van der Waals surface area contributed by atoms with Crippen LogP contribution in [-0.2, 0) is 20.7 Å². The summed E-state index contributed by atoms with van der Waals surface area (Å²) in [7, 11) is 1.31. The number of H-pyrrole nitrogens is 1. The average molecular weight is 368 g/mol. The molecule has 3 aromatic rings. The Kier molecular flexibility index (Phi) is 5.86. The first-order valence-electron chi connectivity index (χ1n) is 8.77. The normalized spacial score (nSPS) is 10.7. The standard InChI is InChI=1S/C21H21FN2O3/c1-27-20(26)11-12-23-19(25)10-8-16-17-13-15(22)7-9-18(17)24-21(16)14-5-3-2-4-6-14/h2-7,9,13,24H,8,10-12H2,1H3,(H,23,25). The van der Waals surface area contributed by atoms with Crippen molar-refractivity contribution in [3.05, 3.63) is 59.9 Å². The van der Waals surface area contributed by atoms with Crippen molar-refractivity contribution in [2.45, 2.75) is 19.3 Å². The fraction of sp³-hybridized carbons (Fsp3) is 0.238. The minimum Gasteiger partial charge on any atom is -0.469 e. The van der Waals surface area contributed by atoms with Crippen molar-refractivity contribution in [2.75, 3.05) is 13.7 Å². The number of amides is 1. The van der Waals surface area contributed by atoms with Gasteiger partial charge in [-0.05, 0) is 35.7 Å². The van der Waals surface area contributed by atoms with Crippen molar-refractivity contribution >= 4 is 22.8 Å². The Morgan fingerprint density at radius 1 is 1.11 bits per heavy atom. The number of hydrogen-bond donors (Lipinski definition) is 2. The van der Waals surface area contributed by atoms with Crippen LogP contribution in [0.4, 0.5) is 4.39 Å². The number of aromatic amines is 1. The summed E-state index contributed by atoms with van der Waals surface area (Å²) < 4.78 is 18.3. The molecule has 0 aliphatic heterocycles. The number of carbonyl (C=O) groups is 2. The van der Waals surface area contributed by atoms with Gasteiger partial charge in [0.15, 0.2) is 0 Å². The number of fused-ring (bicyclic) bond motifs is 1. The Balaban J connectivity index is 1.79. The Bertz CT molecular complexity index is 951. The molecular formula is C21H21FN2O3. The summed E-state index contributed by atoms with van der Waals surface area (Å²) in [5.74, 6) is -0.845. The third-order valence-electron chi connectivity index (χ3n) is 4.41. The zero-order valence-corrected chi connectivity index (χ0v) is 15.0. The molecule has 2 aromatic carbocycles. The van der Waals surface area contributed by atoms with Crippen molar-refractivity contribution in [2.24, 2.45) is 0 Å². The SMILES string of the molecule is COC(=O)CCNC(=O)CCc1c(-c2ccccc2)[nH]c2ccc(F)cc12. The molecule has 0 spiro atoms. The van der Waals surface area contributed by atoms with E-state index in [0.717, 1.165) is 27.7 Å². The molecular weight excluding hydrogens is 347 g/mol. The first-order valence-corrected chi connectivity index (χ1v) is 8.77. The van der Waals surface area contributed by atoms with Crippen LogP contribution in [0.1, 0.15) is 18.4 Å². The summed E-state index contributed by atoms with van der Waals surface area (Å²) in [5, 5.41) is 3.48. The molecule has 0 unspecified atom stereocenters. The summed E-state index contributed by atoms with van der Waals surface area (Å²) in [6, 6.07) is 14.4. The van der Waals surface area contributed by atoms with Gasteiger partial charge in [0.2, 0.25) is 5.91 Å². The number of carbonyl (C=O) groups excluding carboxylic acids is 2. The van der Waals surface area contributed by atoms with Crippen LogP contribution in [0, 0.1) is 5.82 Å². The van der Waals surface area contributed by atoms with E-state index in [0.29, 0.717) is 6.42 Å². The molecule has 0 saturated carbocycles. The molecule has 0 saturated heterocycles. The molecule has 1 aromatic heterocycles. The molecule has 1 amide bonds. The Morgan fingerprint density at radius 3 is 2.63 bits per heavy atom. The van der Waals surface area contributed by atoms with Crippen LogP contribution >= 0.6 is 0 Å². The third-order valence-corrected chi connectivity index (χ3v) is 4.41. The number of aryl methyl sites for hydroxylation is 1. The summed E-state index contributed by atoms with van der Waals surface area (Å²) in [4.78, 5) is 26.6. The smallest absolute Gasteiger partial charge is 0.307 e. The topological polar surface area (TPSA) is 71.2 Å². The Hall–Kier alpha value is -3.15. The fourth-order valence-electron chi connectivity index (χ4n) is 3.06. The van der Waals surface area contributed by atoms with Crippen molar-refractivity contribution in [1.82, 2.24) is 10.3 Å². The average Bonchev–Trinajstić information content (AvgIpc) is 3.04. The van der Waals surface area contributed by atoms with E-state index >= 15 is 0 Å². The first-order chi connectivity index (χ1) is 13.1.